The van der Waals surface area contributed by atoms with Crippen LogP contribution in [-0.4, -0.2) is 37.5 Å². The van der Waals surface area contributed by atoms with Crippen molar-refractivity contribution in [2.24, 2.45) is 0 Å². The van der Waals surface area contributed by atoms with Crippen LogP contribution in [0, 0.1) is 0 Å². The van der Waals surface area contributed by atoms with Crippen molar-refractivity contribution in [3.63, 3.8) is 0 Å². The Morgan fingerprint density at radius 2 is 1.82 bits per heavy atom. The second kappa shape index (κ2) is 6.45. The van der Waals surface area contributed by atoms with Crippen molar-refractivity contribution in [2.75, 3.05) is 7.11 Å². The smallest absolute Gasteiger partial charge is 0.185 e. The molecule has 4 aromatic rings. The number of hydrogen-bond acceptors (Lipinski definition) is 5. The zero-order chi connectivity index (χ0) is 19.0. The summed E-state index contributed by atoms with van der Waals surface area (Å²) in [5.41, 5.74) is 4.17. The van der Waals surface area contributed by atoms with E-state index in [1.807, 2.05) is 18.2 Å². The molecule has 0 saturated heterocycles. The molecule has 2 heterocycles. The third-order valence-electron chi connectivity index (χ3n) is 5.31. The summed E-state index contributed by atoms with van der Waals surface area (Å²) in [7, 11) is 1.68. The lowest BCUT2D eigenvalue weighted by molar-refractivity contribution is 0.414. The van der Waals surface area contributed by atoms with E-state index >= 15 is 0 Å². The van der Waals surface area contributed by atoms with Crippen LogP contribution in [0.2, 0.25) is 0 Å². The number of nitrogens with one attached hydrogen (secondary N) is 1. The molecule has 28 heavy (non-hydrogen) atoms. The third kappa shape index (κ3) is 2.51. The Hall–Kier alpha value is -3.74. The van der Waals surface area contributed by atoms with E-state index in [0.29, 0.717) is 5.82 Å². The molecule has 0 aliphatic heterocycles. The maximum Gasteiger partial charge on any atom is 0.185 e. The van der Waals surface area contributed by atoms with Crippen molar-refractivity contribution in [1.82, 2.24) is 30.4 Å². The van der Waals surface area contributed by atoms with E-state index in [1.54, 1.807) is 18.1 Å². The third-order valence-corrected chi connectivity index (χ3v) is 5.31. The van der Waals surface area contributed by atoms with Gasteiger partial charge in [-0.15, -0.1) is 5.10 Å². The van der Waals surface area contributed by atoms with Crippen molar-refractivity contribution in [1.29, 1.82) is 0 Å². The highest BCUT2D eigenvalue weighted by atomic mass is 16.5. The summed E-state index contributed by atoms with van der Waals surface area (Å²) < 4.78 is 6.91. The molecule has 1 atom stereocenters. The second-order valence-electron chi connectivity index (χ2n) is 6.77. The van der Waals surface area contributed by atoms with Gasteiger partial charge in [0.1, 0.15) is 12.1 Å². The summed E-state index contributed by atoms with van der Waals surface area (Å²) in [5, 5.41) is 19.0. The van der Waals surface area contributed by atoms with Crippen LogP contribution >= 0.6 is 0 Å². The number of methoxy groups -OCH3 is 1. The number of ether oxygens (including phenoxy) is 1. The molecule has 5 rings (SSSR count). The van der Waals surface area contributed by atoms with E-state index in [1.165, 1.54) is 11.1 Å². The van der Waals surface area contributed by atoms with Gasteiger partial charge < -0.3 is 4.74 Å². The first-order chi connectivity index (χ1) is 13.8. The van der Waals surface area contributed by atoms with E-state index in [-0.39, 0.29) is 5.41 Å². The van der Waals surface area contributed by atoms with Gasteiger partial charge in [-0.2, -0.15) is 9.78 Å². The molecule has 0 fully saturated rings. The Bertz CT molecular complexity index is 1120. The van der Waals surface area contributed by atoms with Crippen molar-refractivity contribution < 1.29 is 4.74 Å². The molecule has 1 unspecified atom stereocenters. The number of benzene rings is 2. The van der Waals surface area contributed by atoms with Gasteiger partial charge in [0.05, 0.1) is 7.11 Å². The second-order valence-corrected chi connectivity index (χ2v) is 6.77. The van der Waals surface area contributed by atoms with E-state index in [2.05, 4.69) is 74.3 Å². The van der Waals surface area contributed by atoms with Crippen LogP contribution in [0.3, 0.4) is 0 Å². The molecule has 1 aliphatic carbocycles. The van der Waals surface area contributed by atoms with Gasteiger partial charge in [0.25, 0.3) is 0 Å². The number of hydrogen-bond donors (Lipinski definition) is 1. The highest BCUT2D eigenvalue weighted by Gasteiger charge is 2.36. The Balaban J connectivity index is 1.65. The van der Waals surface area contributed by atoms with Gasteiger partial charge in [0, 0.05) is 23.1 Å². The van der Waals surface area contributed by atoms with Crippen molar-refractivity contribution in [2.45, 2.75) is 11.8 Å². The standard InChI is InChI=1S/C21H18N6O/c1-28-17-9-7-16(8-10-17)21(15-5-3-2-4-6-15)12-11-18-19(13-21)23-24-20(18)27-14-22-25-26-27/h2-12,14H,13H2,1H3,(H,23,24). The number of tetrazole rings is 1. The summed E-state index contributed by atoms with van der Waals surface area (Å²) >= 11 is 0. The van der Waals surface area contributed by atoms with Crippen LogP contribution in [0.25, 0.3) is 11.9 Å². The quantitative estimate of drug-likeness (QED) is 0.597. The van der Waals surface area contributed by atoms with Gasteiger partial charge in [-0.05, 0) is 33.7 Å². The Labute approximate surface area is 161 Å². The number of aromatic nitrogens is 6. The van der Waals surface area contributed by atoms with Gasteiger partial charge in [0.2, 0.25) is 0 Å². The lowest BCUT2D eigenvalue weighted by atomic mass is 9.68. The summed E-state index contributed by atoms with van der Waals surface area (Å²) in [6, 6.07) is 18.8. The average molecular weight is 370 g/mol. The van der Waals surface area contributed by atoms with Crippen LogP contribution in [0.5, 0.6) is 5.75 Å². The van der Waals surface area contributed by atoms with Crippen molar-refractivity contribution in [3.05, 3.63) is 89.4 Å². The highest BCUT2D eigenvalue weighted by molar-refractivity contribution is 5.67. The SMILES string of the molecule is COc1ccc(C2(c3ccccc3)C=Cc3c(-n4cnnn4)n[nH]c3C2)cc1. The van der Waals surface area contributed by atoms with Gasteiger partial charge >= 0.3 is 0 Å². The average Bonchev–Trinajstić information content (AvgIpc) is 3.43. The number of allylic oxidation sites excluding steroid dienone is 1. The first kappa shape index (κ1) is 16.4. The maximum absolute atomic E-state index is 5.34. The van der Waals surface area contributed by atoms with Crippen molar-refractivity contribution >= 4 is 6.08 Å². The van der Waals surface area contributed by atoms with E-state index < -0.39 is 0 Å². The normalized spacial score (nSPS) is 18.0. The molecule has 0 amide bonds. The fourth-order valence-corrected chi connectivity index (χ4v) is 3.87. The van der Waals surface area contributed by atoms with E-state index in [0.717, 1.165) is 23.4 Å². The highest BCUT2D eigenvalue weighted by Crippen LogP contribution is 2.42. The Morgan fingerprint density at radius 3 is 2.54 bits per heavy atom. The molecule has 138 valence electrons. The molecule has 0 spiro atoms. The molecule has 0 radical (unpaired) electrons. The summed E-state index contributed by atoms with van der Waals surface area (Å²) in [6.45, 7) is 0. The van der Waals surface area contributed by atoms with Gasteiger partial charge in [-0.1, -0.05) is 54.6 Å². The zero-order valence-electron chi connectivity index (χ0n) is 15.3. The minimum absolute atomic E-state index is 0.301. The van der Waals surface area contributed by atoms with E-state index in [9.17, 15) is 0 Å². The molecule has 2 aromatic heterocycles. The molecular formula is C21H18N6O. The summed E-state index contributed by atoms with van der Waals surface area (Å²) in [6.07, 6.45) is 6.66. The van der Waals surface area contributed by atoms with Gasteiger partial charge in [0.15, 0.2) is 5.82 Å². The molecular weight excluding hydrogens is 352 g/mol. The molecule has 0 bridgehead atoms. The Morgan fingerprint density at radius 1 is 1.04 bits per heavy atom. The molecule has 1 aliphatic rings. The molecule has 7 nitrogen and oxygen atoms in total. The summed E-state index contributed by atoms with van der Waals surface area (Å²) in [5.74, 6) is 1.54. The molecule has 0 saturated carbocycles. The fourth-order valence-electron chi connectivity index (χ4n) is 3.87. The van der Waals surface area contributed by atoms with Gasteiger partial charge in [-0.25, -0.2) is 0 Å². The predicted octanol–water partition coefficient (Wildman–Crippen LogP) is 2.95. The fraction of sp³-hybridized carbons (Fsp3) is 0.143. The van der Waals surface area contributed by atoms with E-state index in [4.69, 9.17) is 4.74 Å². The molecule has 7 heteroatoms. The molecule has 1 N–H and O–H groups in total. The Kier molecular flexibility index (Phi) is 3.79. The molecule has 2 aromatic carbocycles. The minimum atomic E-state index is -0.301. The number of aromatic amines is 1. The lowest BCUT2D eigenvalue weighted by Gasteiger charge is -2.34. The first-order valence-corrected chi connectivity index (χ1v) is 9.00. The van der Waals surface area contributed by atoms with Crippen LogP contribution in [0.1, 0.15) is 22.4 Å². The maximum atomic E-state index is 5.34. The zero-order valence-corrected chi connectivity index (χ0v) is 15.3. The first-order valence-electron chi connectivity index (χ1n) is 9.00. The number of rotatable bonds is 4. The lowest BCUT2D eigenvalue weighted by Crippen LogP contribution is -2.30. The number of nitrogens with zero attached hydrogens (tertiary/aromatic N) is 5. The van der Waals surface area contributed by atoms with Gasteiger partial charge in [-0.3, -0.25) is 5.10 Å². The monoisotopic (exact) mass is 370 g/mol. The predicted molar refractivity (Wildman–Crippen MR) is 104 cm³/mol. The van der Waals surface area contributed by atoms with Crippen LogP contribution in [-0.2, 0) is 11.8 Å². The number of fused-ring (bicyclic) bond motifs is 1. The van der Waals surface area contributed by atoms with Crippen LogP contribution in [0.4, 0.5) is 0 Å². The number of H-pyrrole nitrogens is 1. The topological polar surface area (TPSA) is 81.5 Å². The van der Waals surface area contributed by atoms with Crippen LogP contribution < -0.4 is 4.74 Å². The minimum Gasteiger partial charge on any atom is -0.497 e. The van der Waals surface area contributed by atoms with Crippen LogP contribution in [0.15, 0.2) is 67.0 Å². The summed E-state index contributed by atoms with van der Waals surface area (Å²) in [4.78, 5) is 0. The largest absolute Gasteiger partial charge is 0.497 e. The van der Waals surface area contributed by atoms with Crippen molar-refractivity contribution in [3.8, 4) is 11.6 Å².